The van der Waals surface area contributed by atoms with E-state index < -0.39 is 17.9 Å². The topological polar surface area (TPSA) is 142 Å². The van der Waals surface area contributed by atoms with Crippen LogP contribution in [0.3, 0.4) is 0 Å². The van der Waals surface area contributed by atoms with E-state index in [0.29, 0.717) is 26.4 Å². The number of rotatable bonds is 10. The standard InChI is InChI=1S/3C5H12O3.C3H8N.Ti/c3*1-4-8-5(2,6)7-3;1-2-3-4;/h3*6H,4H2,1-3H3;1-4H2;/q;;;-1;. The second kappa shape index (κ2) is 24.6. The minimum atomic E-state index is -1.41. The molecular weight excluding hydrogens is 422 g/mol. The van der Waals surface area contributed by atoms with Gasteiger partial charge in [0.15, 0.2) is 0 Å². The molecule has 0 saturated heterocycles. The predicted molar refractivity (Wildman–Crippen MR) is 107 cm³/mol. The van der Waals surface area contributed by atoms with Gasteiger partial charge in [-0.2, -0.15) is 6.42 Å². The molecule has 0 aliphatic rings. The minimum Gasteiger partial charge on any atom is -0.344 e. The van der Waals surface area contributed by atoms with E-state index in [4.69, 9.17) is 35.3 Å². The van der Waals surface area contributed by atoms with Gasteiger partial charge in [0.1, 0.15) is 0 Å². The zero-order valence-electron chi connectivity index (χ0n) is 19.6. The molecule has 3 atom stereocenters. The third kappa shape index (κ3) is 39.4. The molecule has 0 bridgehead atoms. The first-order valence-corrected chi connectivity index (χ1v) is 9.02. The van der Waals surface area contributed by atoms with Crippen LogP contribution in [0.25, 0.3) is 0 Å². The van der Waals surface area contributed by atoms with Crippen molar-refractivity contribution in [2.75, 3.05) is 47.7 Å². The first-order valence-electron chi connectivity index (χ1n) is 9.02. The number of methoxy groups -OCH3 is 3. The second-order valence-corrected chi connectivity index (χ2v) is 5.25. The second-order valence-electron chi connectivity index (χ2n) is 5.25. The van der Waals surface area contributed by atoms with E-state index in [1.807, 2.05) is 0 Å². The maximum Gasteiger partial charge on any atom is 0.277 e. The maximum absolute atomic E-state index is 8.88. The number of hydrogen-bond donors (Lipinski definition) is 4. The van der Waals surface area contributed by atoms with Crippen molar-refractivity contribution < 1.29 is 65.5 Å². The summed E-state index contributed by atoms with van der Waals surface area (Å²) in [4.78, 5) is 0. The van der Waals surface area contributed by atoms with Crippen molar-refractivity contribution in [1.29, 1.82) is 0 Å². The summed E-state index contributed by atoms with van der Waals surface area (Å²) in [6.07, 6.45) is 0.847. The van der Waals surface area contributed by atoms with Gasteiger partial charge in [-0.15, -0.1) is 0 Å². The summed E-state index contributed by atoms with van der Waals surface area (Å²) < 4.78 is 27.7. The summed E-state index contributed by atoms with van der Waals surface area (Å²) in [6, 6.07) is 0. The van der Waals surface area contributed by atoms with Gasteiger partial charge in [-0.05, 0) is 27.3 Å². The summed E-state index contributed by atoms with van der Waals surface area (Å²) in [6.45, 7) is 15.2. The van der Waals surface area contributed by atoms with Gasteiger partial charge in [0.2, 0.25) is 0 Å². The summed E-state index contributed by atoms with van der Waals surface area (Å²) in [5.41, 5.74) is 4.97. The third-order valence-electron chi connectivity index (χ3n) is 2.58. The fraction of sp³-hybridized carbons (Fsp3) is 0.944. The Morgan fingerprint density at radius 2 is 0.862 bits per heavy atom. The molecule has 0 aliphatic carbocycles. The summed E-state index contributed by atoms with van der Waals surface area (Å²) in [5.74, 6) is -4.22. The Morgan fingerprint density at radius 1 is 0.690 bits per heavy atom. The smallest absolute Gasteiger partial charge is 0.277 e. The van der Waals surface area contributed by atoms with Crippen molar-refractivity contribution in [3.05, 3.63) is 6.92 Å². The van der Waals surface area contributed by atoms with Gasteiger partial charge in [0.05, 0.1) is 0 Å². The molecule has 0 fully saturated rings. The fourth-order valence-electron chi connectivity index (χ4n) is 0.980. The van der Waals surface area contributed by atoms with Crippen molar-refractivity contribution in [3.8, 4) is 0 Å². The molecule has 0 aromatic carbocycles. The van der Waals surface area contributed by atoms with Crippen molar-refractivity contribution in [1.82, 2.24) is 0 Å². The fourth-order valence-corrected chi connectivity index (χ4v) is 0.980. The Balaban J connectivity index is -0.0000000896. The monoisotopic (exact) mass is 466 g/mol. The predicted octanol–water partition coefficient (Wildman–Crippen LogP) is 1.17. The number of ether oxygens (including phenoxy) is 6. The molecule has 3 unspecified atom stereocenters. The Labute approximate surface area is 191 Å². The zero-order valence-corrected chi connectivity index (χ0v) is 21.2. The molecule has 29 heavy (non-hydrogen) atoms. The molecule has 0 aliphatic heterocycles. The molecule has 0 heterocycles. The van der Waals surface area contributed by atoms with Gasteiger partial charge in [0, 0.05) is 83.6 Å². The Morgan fingerprint density at radius 3 is 0.897 bits per heavy atom. The largest absolute Gasteiger partial charge is 0.344 e. The Bertz CT molecular complexity index is 262. The van der Waals surface area contributed by atoms with Crippen molar-refractivity contribution in [2.24, 2.45) is 5.73 Å². The Hall–Kier alpha value is 0.314. The van der Waals surface area contributed by atoms with E-state index in [1.165, 1.54) is 42.1 Å². The molecule has 10 nitrogen and oxygen atoms in total. The molecule has 180 valence electrons. The van der Waals surface area contributed by atoms with Crippen LogP contribution in [-0.4, -0.2) is 80.9 Å². The van der Waals surface area contributed by atoms with Gasteiger partial charge < -0.3 is 56.4 Å². The third-order valence-corrected chi connectivity index (χ3v) is 2.58. The van der Waals surface area contributed by atoms with E-state index in [-0.39, 0.29) is 21.7 Å². The average molecular weight is 466 g/mol. The van der Waals surface area contributed by atoms with Gasteiger partial charge >= 0.3 is 0 Å². The molecule has 5 N–H and O–H groups in total. The van der Waals surface area contributed by atoms with Crippen LogP contribution in [0.2, 0.25) is 0 Å². The molecule has 0 spiro atoms. The summed E-state index contributed by atoms with van der Waals surface area (Å²) >= 11 is 0. The van der Waals surface area contributed by atoms with Crippen LogP contribution in [0.1, 0.15) is 48.0 Å². The summed E-state index contributed by atoms with van der Waals surface area (Å²) in [5, 5.41) is 26.6. The minimum absolute atomic E-state index is 0. The molecule has 0 aromatic rings. The first kappa shape index (κ1) is 39.8. The van der Waals surface area contributed by atoms with E-state index in [0.717, 1.165) is 6.42 Å². The van der Waals surface area contributed by atoms with Crippen LogP contribution in [0.5, 0.6) is 0 Å². The normalized spacial score (nSPS) is 15.9. The molecule has 0 saturated carbocycles. The number of nitrogens with two attached hydrogens (primary N) is 1. The van der Waals surface area contributed by atoms with Crippen LogP contribution >= 0.6 is 0 Å². The molecular formula is C18H44NO9Ti-. The van der Waals surface area contributed by atoms with Crippen molar-refractivity contribution in [3.63, 3.8) is 0 Å². The molecule has 11 heteroatoms. The SMILES string of the molecule is CCOC(C)(O)OC.CCOC(C)(O)OC.CCOC(C)(O)OC.[CH2-]CCN.[Ti]. The number of hydrogen-bond acceptors (Lipinski definition) is 10. The average Bonchev–Trinajstić information content (AvgIpc) is 2.63. The maximum atomic E-state index is 8.88. The summed E-state index contributed by atoms with van der Waals surface area (Å²) in [7, 11) is 4.15. The Kier molecular flexibility index (Phi) is 33.7. The quantitative estimate of drug-likeness (QED) is 0.211. The molecule has 0 aromatic heterocycles. The van der Waals surface area contributed by atoms with Crippen molar-refractivity contribution in [2.45, 2.75) is 65.9 Å². The van der Waals surface area contributed by atoms with Crippen LogP contribution in [0, 0.1) is 6.92 Å². The zero-order chi connectivity index (χ0) is 23.3. The van der Waals surface area contributed by atoms with Crippen LogP contribution in [0.4, 0.5) is 0 Å². The van der Waals surface area contributed by atoms with Crippen LogP contribution in [0.15, 0.2) is 0 Å². The van der Waals surface area contributed by atoms with Gasteiger partial charge in [-0.1, -0.05) is 0 Å². The molecule has 0 radical (unpaired) electrons. The van der Waals surface area contributed by atoms with Crippen LogP contribution in [-0.2, 0) is 50.1 Å². The molecule has 0 rings (SSSR count). The van der Waals surface area contributed by atoms with E-state index in [2.05, 4.69) is 21.1 Å². The van der Waals surface area contributed by atoms with Gasteiger partial charge in [-0.3, -0.25) is 0 Å². The van der Waals surface area contributed by atoms with Crippen LogP contribution < -0.4 is 5.73 Å². The van der Waals surface area contributed by atoms with Gasteiger partial charge in [0.25, 0.3) is 17.9 Å². The van der Waals surface area contributed by atoms with E-state index in [1.54, 1.807) is 20.8 Å². The first-order chi connectivity index (χ1) is 12.8. The number of aliphatic hydroxyl groups is 3. The van der Waals surface area contributed by atoms with E-state index >= 15 is 0 Å². The molecule has 0 amide bonds. The van der Waals surface area contributed by atoms with Gasteiger partial charge in [-0.25, -0.2) is 0 Å². The van der Waals surface area contributed by atoms with Crippen molar-refractivity contribution >= 4 is 0 Å². The van der Waals surface area contributed by atoms with E-state index in [9.17, 15) is 0 Å².